The van der Waals surface area contributed by atoms with Crippen LogP contribution in [-0.2, 0) is 25.6 Å². The Labute approximate surface area is 122 Å². The highest BCUT2D eigenvalue weighted by Crippen LogP contribution is 2.32. The summed E-state index contributed by atoms with van der Waals surface area (Å²) < 4.78 is 20.0. The summed E-state index contributed by atoms with van der Waals surface area (Å²) in [5.41, 5.74) is 0.864. The van der Waals surface area contributed by atoms with Crippen molar-refractivity contribution >= 4 is 11.9 Å². The standard InChI is InChI=1S/C14H17NO6/c1-9(21-13(16)7-18-2)14(17)15-6-10-3-4-11-12(5-10)20-8-19-11/h3-5,9H,6-8H2,1-2H3,(H,15,17)/t9-/m1/s1. The van der Waals surface area contributed by atoms with Crippen LogP contribution in [0.3, 0.4) is 0 Å². The molecule has 1 aliphatic heterocycles. The number of amides is 1. The summed E-state index contributed by atoms with van der Waals surface area (Å²) >= 11 is 0. The molecular formula is C14H17NO6. The van der Waals surface area contributed by atoms with E-state index >= 15 is 0 Å². The van der Waals surface area contributed by atoms with E-state index in [9.17, 15) is 9.59 Å². The van der Waals surface area contributed by atoms with Gasteiger partial charge in [0.05, 0.1) is 0 Å². The van der Waals surface area contributed by atoms with Crippen LogP contribution in [0.1, 0.15) is 12.5 Å². The van der Waals surface area contributed by atoms with Crippen molar-refractivity contribution in [1.82, 2.24) is 5.32 Å². The monoisotopic (exact) mass is 295 g/mol. The molecule has 0 spiro atoms. The molecule has 0 saturated heterocycles. The average molecular weight is 295 g/mol. The van der Waals surface area contributed by atoms with Gasteiger partial charge < -0.3 is 24.3 Å². The number of methoxy groups -OCH3 is 1. The van der Waals surface area contributed by atoms with E-state index in [1.54, 1.807) is 12.1 Å². The molecule has 21 heavy (non-hydrogen) atoms. The van der Waals surface area contributed by atoms with Gasteiger partial charge in [-0.25, -0.2) is 4.79 Å². The number of ether oxygens (including phenoxy) is 4. The van der Waals surface area contributed by atoms with Gasteiger partial charge in [-0.1, -0.05) is 6.07 Å². The summed E-state index contributed by atoms with van der Waals surface area (Å²) in [4.78, 5) is 23.0. The van der Waals surface area contributed by atoms with Crippen LogP contribution in [0.4, 0.5) is 0 Å². The van der Waals surface area contributed by atoms with Crippen LogP contribution in [0, 0.1) is 0 Å². The van der Waals surface area contributed by atoms with Crippen molar-refractivity contribution in [3.63, 3.8) is 0 Å². The van der Waals surface area contributed by atoms with Crippen LogP contribution in [0.25, 0.3) is 0 Å². The normalized spacial score (nSPS) is 13.6. The lowest BCUT2D eigenvalue weighted by molar-refractivity contribution is -0.158. The van der Waals surface area contributed by atoms with Gasteiger partial charge in [0.15, 0.2) is 17.6 Å². The first-order chi connectivity index (χ1) is 10.1. The first-order valence-corrected chi connectivity index (χ1v) is 6.45. The van der Waals surface area contributed by atoms with Crippen LogP contribution >= 0.6 is 0 Å². The van der Waals surface area contributed by atoms with Gasteiger partial charge in [0.1, 0.15) is 6.61 Å². The maximum absolute atomic E-state index is 11.8. The fourth-order valence-electron chi connectivity index (χ4n) is 1.79. The Morgan fingerprint density at radius 3 is 2.86 bits per heavy atom. The molecule has 0 fully saturated rings. The molecule has 0 unspecified atom stereocenters. The molecule has 114 valence electrons. The Hall–Kier alpha value is -2.28. The lowest BCUT2D eigenvalue weighted by atomic mass is 10.2. The molecular weight excluding hydrogens is 278 g/mol. The summed E-state index contributed by atoms with van der Waals surface area (Å²) in [6, 6.07) is 5.41. The maximum Gasteiger partial charge on any atom is 0.332 e. The van der Waals surface area contributed by atoms with Gasteiger partial charge in [-0.3, -0.25) is 4.79 Å². The van der Waals surface area contributed by atoms with E-state index in [0.717, 1.165) is 5.56 Å². The molecule has 1 heterocycles. The first-order valence-electron chi connectivity index (χ1n) is 6.45. The van der Waals surface area contributed by atoms with E-state index in [-0.39, 0.29) is 19.3 Å². The molecule has 0 aromatic heterocycles. The molecule has 1 amide bonds. The Morgan fingerprint density at radius 2 is 2.10 bits per heavy atom. The summed E-state index contributed by atoms with van der Waals surface area (Å²) in [5.74, 6) is 0.383. The van der Waals surface area contributed by atoms with Crippen molar-refractivity contribution < 1.29 is 28.5 Å². The predicted octanol–water partition coefficient (Wildman–Crippen LogP) is 0.610. The highest BCUT2D eigenvalue weighted by atomic mass is 16.7. The Balaban J connectivity index is 1.82. The number of esters is 1. The summed E-state index contributed by atoms with van der Waals surface area (Å²) in [7, 11) is 1.38. The van der Waals surface area contributed by atoms with E-state index in [0.29, 0.717) is 18.0 Å². The van der Waals surface area contributed by atoms with E-state index in [2.05, 4.69) is 10.1 Å². The second-order valence-electron chi connectivity index (χ2n) is 4.47. The largest absolute Gasteiger partial charge is 0.454 e. The number of nitrogens with one attached hydrogen (secondary N) is 1. The third kappa shape index (κ3) is 4.09. The fraction of sp³-hybridized carbons (Fsp3) is 0.429. The minimum Gasteiger partial charge on any atom is -0.454 e. The summed E-state index contributed by atoms with van der Waals surface area (Å²) in [5, 5.41) is 2.68. The number of hydrogen-bond donors (Lipinski definition) is 1. The Kier molecular flexibility index (Phi) is 4.99. The van der Waals surface area contributed by atoms with E-state index < -0.39 is 12.1 Å². The molecule has 0 aliphatic carbocycles. The summed E-state index contributed by atoms with van der Waals surface area (Å²) in [6.07, 6.45) is -0.873. The Morgan fingerprint density at radius 1 is 1.33 bits per heavy atom. The van der Waals surface area contributed by atoms with Crippen LogP contribution in [0.5, 0.6) is 11.5 Å². The Bertz CT molecular complexity index is 530. The molecule has 1 N–H and O–H groups in total. The number of hydrogen-bond acceptors (Lipinski definition) is 6. The van der Waals surface area contributed by atoms with Crippen molar-refractivity contribution in [1.29, 1.82) is 0 Å². The van der Waals surface area contributed by atoms with Crippen molar-refractivity contribution in [3.8, 4) is 11.5 Å². The first kappa shape index (κ1) is 15.1. The van der Waals surface area contributed by atoms with E-state index in [1.165, 1.54) is 14.0 Å². The molecule has 7 nitrogen and oxygen atoms in total. The van der Waals surface area contributed by atoms with Crippen LogP contribution in [-0.4, -0.2) is 38.5 Å². The SMILES string of the molecule is COCC(=O)O[C@H](C)C(=O)NCc1ccc2c(c1)OCO2. The lowest BCUT2D eigenvalue weighted by Crippen LogP contribution is -2.36. The fourth-order valence-corrected chi connectivity index (χ4v) is 1.79. The van der Waals surface area contributed by atoms with Gasteiger partial charge in [0, 0.05) is 13.7 Å². The highest BCUT2D eigenvalue weighted by Gasteiger charge is 2.18. The van der Waals surface area contributed by atoms with Crippen molar-refractivity contribution in [2.75, 3.05) is 20.5 Å². The second kappa shape index (κ2) is 6.94. The third-order valence-electron chi connectivity index (χ3n) is 2.84. The molecule has 1 aliphatic rings. The zero-order valence-electron chi connectivity index (χ0n) is 11.9. The number of fused-ring (bicyclic) bond motifs is 1. The molecule has 0 radical (unpaired) electrons. The zero-order chi connectivity index (χ0) is 15.2. The van der Waals surface area contributed by atoms with Gasteiger partial charge >= 0.3 is 5.97 Å². The minimum atomic E-state index is -0.873. The van der Waals surface area contributed by atoms with Crippen LogP contribution in [0.2, 0.25) is 0 Å². The molecule has 2 rings (SSSR count). The third-order valence-corrected chi connectivity index (χ3v) is 2.84. The van der Waals surface area contributed by atoms with Crippen molar-refractivity contribution in [3.05, 3.63) is 23.8 Å². The zero-order valence-corrected chi connectivity index (χ0v) is 11.9. The van der Waals surface area contributed by atoms with Crippen LogP contribution in [0.15, 0.2) is 18.2 Å². The van der Waals surface area contributed by atoms with Gasteiger partial charge in [-0.2, -0.15) is 0 Å². The number of rotatable bonds is 6. The number of carbonyl (C=O) groups is 2. The van der Waals surface area contributed by atoms with Crippen molar-refractivity contribution in [2.24, 2.45) is 0 Å². The molecule has 1 atom stereocenters. The van der Waals surface area contributed by atoms with Gasteiger partial charge in [0.25, 0.3) is 5.91 Å². The highest BCUT2D eigenvalue weighted by molar-refractivity contribution is 5.83. The number of carbonyl (C=O) groups excluding carboxylic acids is 2. The second-order valence-corrected chi connectivity index (χ2v) is 4.47. The minimum absolute atomic E-state index is 0.181. The topological polar surface area (TPSA) is 83.1 Å². The van der Waals surface area contributed by atoms with Gasteiger partial charge in [-0.05, 0) is 24.6 Å². The van der Waals surface area contributed by atoms with E-state index in [1.807, 2.05) is 6.07 Å². The van der Waals surface area contributed by atoms with E-state index in [4.69, 9.17) is 14.2 Å². The lowest BCUT2D eigenvalue weighted by Gasteiger charge is -2.13. The van der Waals surface area contributed by atoms with Crippen LogP contribution < -0.4 is 14.8 Å². The molecule has 0 saturated carbocycles. The molecule has 1 aromatic rings. The average Bonchev–Trinajstić information content (AvgIpc) is 2.92. The molecule has 1 aromatic carbocycles. The molecule has 0 bridgehead atoms. The molecule has 7 heteroatoms. The van der Waals surface area contributed by atoms with Crippen molar-refractivity contribution in [2.45, 2.75) is 19.6 Å². The smallest absolute Gasteiger partial charge is 0.332 e. The quantitative estimate of drug-likeness (QED) is 0.774. The maximum atomic E-state index is 11.8. The predicted molar refractivity (Wildman–Crippen MR) is 71.8 cm³/mol. The van der Waals surface area contributed by atoms with Gasteiger partial charge in [-0.15, -0.1) is 0 Å². The van der Waals surface area contributed by atoms with Gasteiger partial charge in [0.2, 0.25) is 6.79 Å². The summed E-state index contributed by atoms with van der Waals surface area (Å²) in [6.45, 7) is 1.83. The number of benzene rings is 1.